The quantitative estimate of drug-likeness (QED) is 0.775. The van der Waals surface area contributed by atoms with Crippen LogP contribution in [0, 0.1) is 6.92 Å². The lowest BCUT2D eigenvalue weighted by atomic mass is 10.0. The Labute approximate surface area is 144 Å². The minimum absolute atomic E-state index is 0.0833. The van der Waals surface area contributed by atoms with Gasteiger partial charge in [-0.15, -0.1) is 0 Å². The van der Waals surface area contributed by atoms with Crippen molar-refractivity contribution in [1.82, 2.24) is 15.4 Å². The average Bonchev–Trinajstić information content (AvgIpc) is 3.00. The Kier molecular flexibility index (Phi) is 4.60. The Hall–Kier alpha value is -3.03. The van der Waals surface area contributed by atoms with E-state index >= 15 is 0 Å². The highest BCUT2D eigenvalue weighted by atomic mass is 16.5. The molecule has 3 N–H and O–H groups in total. The van der Waals surface area contributed by atoms with E-state index in [0.717, 1.165) is 6.07 Å². The highest BCUT2D eigenvalue weighted by Crippen LogP contribution is 2.21. The molecule has 1 fully saturated rings. The third-order valence-corrected chi connectivity index (χ3v) is 4.13. The topological polar surface area (TPSA) is 116 Å². The number of rotatable bonds is 3. The van der Waals surface area contributed by atoms with Crippen molar-refractivity contribution in [2.45, 2.75) is 25.8 Å². The monoisotopic (exact) mass is 345 g/mol. The van der Waals surface area contributed by atoms with Crippen molar-refractivity contribution in [2.24, 2.45) is 0 Å². The standard InChI is InChI=1S/C17H19N3O5/c1-10-6-15(19-25-10)17(24)20-4-2-12(3-5-20)18-16(23)11-7-13(21)9-14(22)8-11/h6-9,12,21-22H,2-5H2,1H3,(H,18,23). The van der Waals surface area contributed by atoms with E-state index in [9.17, 15) is 19.8 Å². The van der Waals surface area contributed by atoms with E-state index in [0.29, 0.717) is 31.7 Å². The first-order valence-electron chi connectivity index (χ1n) is 7.99. The van der Waals surface area contributed by atoms with Crippen LogP contribution in [-0.2, 0) is 0 Å². The van der Waals surface area contributed by atoms with Gasteiger partial charge in [0.25, 0.3) is 11.8 Å². The summed E-state index contributed by atoms with van der Waals surface area (Å²) < 4.78 is 4.92. The van der Waals surface area contributed by atoms with Crippen LogP contribution >= 0.6 is 0 Å². The fourth-order valence-corrected chi connectivity index (χ4v) is 2.85. The van der Waals surface area contributed by atoms with Crippen LogP contribution in [0.2, 0.25) is 0 Å². The number of benzene rings is 1. The van der Waals surface area contributed by atoms with Gasteiger partial charge >= 0.3 is 0 Å². The smallest absolute Gasteiger partial charge is 0.276 e. The van der Waals surface area contributed by atoms with E-state index in [-0.39, 0.29) is 40.6 Å². The molecule has 8 nitrogen and oxygen atoms in total. The molecule has 1 saturated heterocycles. The molecule has 1 aromatic heterocycles. The highest BCUT2D eigenvalue weighted by molar-refractivity contribution is 5.95. The fraction of sp³-hybridized carbons (Fsp3) is 0.353. The second-order valence-electron chi connectivity index (χ2n) is 6.10. The number of aromatic nitrogens is 1. The van der Waals surface area contributed by atoms with Gasteiger partial charge in [-0.2, -0.15) is 0 Å². The van der Waals surface area contributed by atoms with Crippen LogP contribution < -0.4 is 5.32 Å². The number of aromatic hydroxyl groups is 2. The molecular formula is C17H19N3O5. The Balaban J connectivity index is 1.55. The minimum atomic E-state index is -0.372. The van der Waals surface area contributed by atoms with Gasteiger partial charge < -0.3 is 25.0 Å². The van der Waals surface area contributed by atoms with Crippen molar-refractivity contribution in [1.29, 1.82) is 0 Å². The van der Waals surface area contributed by atoms with Gasteiger partial charge in [0.2, 0.25) is 0 Å². The van der Waals surface area contributed by atoms with E-state index in [2.05, 4.69) is 10.5 Å². The van der Waals surface area contributed by atoms with Gasteiger partial charge in [-0.1, -0.05) is 5.16 Å². The molecular weight excluding hydrogens is 326 g/mol. The molecule has 1 aromatic carbocycles. The molecule has 2 aromatic rings. The summed E-state index contributed by atoms with van der Waals surface area (Å²) in [4.78, 5) is 26.2. The van der Waals surface area contributed by atoms with Crippen LogP contribution in [0.5, 0.6) is 11.5 Å². The number of carbonyl (C=O) groups excluding carboxylic acids is 2. The fourth-order valence-electron chi connectivity index (χ4n) is 2.85. The van der Waals surface area contributed by atoms with Crippen molar-refractivity contribution < 1.29 is 24.3 Å². The van der Waals surface area contributed by atoms with Crippen molar-refractivity contribution in [3.8, 4) is 11.5 Å². The summed E-state index contributed by atoms with van der Waals surface area (Å²) in [6.07, 6.45) is 1.22. The second kappa shape index (κ2) is 6.84. The van der Waals surface area contributed by atoms with Crippen molar-refractivity contribution >= 4 is 11.8 Å². The predicted molar refractivity (Wildman–Crippen MR) is 87.4 cm³/mol. The van der Waals surface area contributed by atoms with Crippen LogP contribution in [0.3, 0.4) is 0 Å². The Morgan fingerprint density at radius 3 is 2.36 bits per heavy atom. The predicted octanol–water partition coefficient (Wildman–Crippen LogP) is 1.43. The molecule has 2 amide bonds. The Bertz CT molecular complexity index is 773. The zero-order valence-corrected chi connectivity index (χ0v) is 13.7. The van der Waals surface area contributed by atoms with Gasteiger partial charge in [-0.05, 0) is 31.9 Å². The number of hydrogen-bond donors (Lipinski definition) is 3. The van der Waals surface area contributed by atoms with Gasteiger partial charge in [0, 0.05) is 36.8 Å². The second-order valence-corrected chi connectivity index (χ2v) is 6.10. The van der Waals surface area contributed by atoms with Crippen LogP contribution in [0.15, 0.2) is 28.8 Å². The zero-order chi connectivity index (χ0) is 18.0. The maximum absolute atomic E-state index is 12.3. The molecule has 1 aliphatic heterocycles. The summed E-state index contributed by atoms with van der Waals surface area (Å²) in [6.45, 7) is 2.73. The van der Waals surface area contributed by atoms with E-state index in [1.54, 1.807) is 17.9 Å². The third-order valence-electron chi connectivity index (χ3n) is 4.13. The molecule has 0 aliphatic carbocycles. The van der Waals surface area contributed by atoms with Gasteiger partial charge in [-0.3, -0.25) is 9.59 Å². The molecule has 0 bridgehead atoms. The summed E-state index contributed by atoms with van der Waals surface area (Å²) in [7, 11) is 0. The van der Waals surface area contributed by atoms with Crippen molar-refractivity contribution in [3.05, 3.63) is 41.3 Å². The first-order chi connectivity index (χ1) is 11.9. The molecule has 0 atom stereocenters. The van der Waals surface area contributed by atoms with Crippen LogP contribution in [0.4, 0.5) is 0 Å². The maximum Gasteiger partial charge on any atom is 0.276 e. The molecule has 0 unspecified atom stereocenters. The number of aryl methyl sites for hydroxylation is 1. The number of nitrogens with zero attached hydrogens (tertiary/aromatic N) is 2. The summed E-state index contributed by atoms with van der Waals surface area (Å²) in [5.41, 5.74) is 0.476. The molecule has 2 heterocycles. The third kappa shape index (κ3) is 3.90. The summed E-state index contributed by atoms with van der Waals surface area (Å²) in [5, 5.41) is 25.5. The van der Waals surface area contributed by atoms with Gasteiger partial charge in [0.1, 0.15) is 17.3 Å². The lowest BCUT2D eigenvalue weighted by Crippen LogP contribution is -2.46. The number of piperidine rings is 1. The number of phenols is 2. The first kappa shape index (κ1) is 16.8. The zero-order valence-electron chi connectivity index (χ0n) is 13.7. The summed E-state index contributed by atoms with van der Waals surface area (Å²) in [6, 6.07) is 5.26. The first-order valence-corrected chi connectivity index (χ1v) is 7.99. The van der Waals surface area contributed by atoms with Gasteiger partial charge in [-0.25, -0.2) is 0 Å². The van der Waals surface area contributed by atoms with E-state index in [1.807, 2.05) is 0 Å². The molecule has 3 rings (SSSR count). The number of amides is 2. The Morgan fingerprint density at radius 2 is 1.80 bits per heavy atom. The van der Waals surface area contributed by atoms with Gasteiger partial charge in [0.05, 0.1) is 0 Å². The van der Waals surface area contributed by atoms with E-state index < -0.39 is 0 Å². The lowest BCUT2D eigenvalue weighted by molar-refractivity contribution is 0.0688. The van der Waals surface area contributed by atoms with Gasteiger partial charge in [0.15, 0.2) is 5.69 Å². The largest absolute Gasteiger partial charge is 0.508 e. The number of likely N-dealkylation sites (tertiary alicyclic amines) is 1. The Morgan fingerprint density at radius 1 is 1.16 bits per heavy atom. The minimum Gasteiger partial charge on any atom is -0.508 e. The van der Waals surface area contributed by atoms with Crippen molar-refractivity contribution in [2.75, 3.05) is 13.1 Å². The van der Waals surface area contributed by atoms with E-state index in [1.165, 1.54) is 12.1 Å². The molecule has 25 heavy (non-hydrogen) atoms. The molecule has 0 saturated carbocycles. The number of nitrogens with one attached hydrogen (secondary N) is 1. The normalized spacial score (nSPS) is 15.2. The number of hydrogen-bond acceptors (Lipinski definition) is 6. The van der Waals surface area contributed by atoms with E-state index in [4.69, 9.17) is 4.52 Å². The van der Waals surface area contributed by atoms with Crippen LogP contribution in [0.25, 0.3) is 0 Å². The molecule has 1 aliphatic rings. The van der Waals surface area contributed by atoms with Crippen molar-refractivity contribution in [3.63, 3.8) is 0 Å². The summed E-state index contributed by atoms with van der Waals surface area (Å²) in [5.74, 6) is -0.315. The van der Waals surface area contributed by atoms with Crippen LogP contribution in [0.1, 0.15) is 39.4 Å². The average molecular weight is 345 g/mol. The lowest BCUT2D eigenvalue weighted by Gasteiger charge is -2.31. The molecule has 0 radical (unpaired) electrons. The number of carbonyl (C=O) groups is 2. The molecule has 132 valence electrons. The number of phenolic OH excluding ortho intramolecular Hbond substituents is 2. The SMILES string of the molecule is Cc1cc(C(=O)N2CCC(NC(=O)c3cc(O)cc(O)c3)CC2)no1. The molecule has 0 spiro atoms. The highest BCUT2D eigenvalue weighted by Gasteiger charge is 2.26. The molecule has 8 heteroatoms. The summed E-state index contributed by atoms with van der Waals surface area (Å²) >= 11 is 0. The maximum atomic E-state index is 12.3. The van der Waals surface area contributed by atoms with Crippen LogP contribution in [-0.4, -0.2) is 51.2 Å².